The molecule has 2 aromatic heterocycles. The Balaban J connectivity index is 1.48. The average molecular weight is 528 g/mol. The highest BCUT2D eigenvalue weighted by molar-refractivity contribution is 6.01. The van der Waals surface area contributed by atoms with Gasteiger partial charge in [0.15, 0.2) is 11.5 Å². The predicted octanol–water partition coefficient (Wildman–Crippen LogP) is 3.35. The van der Waals surface area contributed by atoms with E-state index in [0.29, 0.717) is 29.1 Å². The van der Waals surface area contributed by atoms with Crippen LogP contribution in [0, 0.1) is 0 Å². The highest BCUT2D eigenvalue weighted by Gasteiger charge is 2.32. The highest BCUT2D eigenvalue weighted by Crippen LogP contribution is 2.32. The van der Waals surface area contributed by atoms with E-state index in [2.05, 4.69) is 30.9 Å². The third-order valence-corrected chi connectivity index (χ3v) is 5.40. The number of aromatic nitrogens is 4. The number of anilines is 3. The van der Waals surface area contributed by atoms with Gasteiger partial charge in [0.1, 0.15) is 18.2 Å². The lowest BCUT2D eigenvalue weighted by Gasteiger charge is -2.15. The van der Waals surface area contributed by atoms with Crippen LogP contribution in [-0.2, 0) is 6.18 Å². The number of hydrogen-bond acceptors (Lipinski definition) is 7. The molecule has 0 saturated heterocycles. The van der Waals surface area contributed by atoms with E-state index in [9.17, 15) is 22.8 Å². The molecule has 4 aromatic rings. The molecule has 0 saturated carbocycles. The first kappa shape index (κ1) is 26.3. The molecule has 11 nitrogen and oxygen atoms in total. The first-order valence-corrected chi connectivity index (χ1v) is 11.3. The number of nitrogens with one attached hydrogen (secondary N) is 3. The van der Waals surface area contributed by atoms with Crippen molar-refractivity contribution < 1.29 is 22.8 Å². The minimum absolute atomic E-state index is 0.188. The Morgan fingerprint density at radius 1 is 1.00 bits per heavy atom. The largest absolute Gasteiger partial charge is 0.416 e. The summed E-state index contributed by atoms with van der Waals surface area (Å²) in [5.41, 5.74) is 6.44. The molecule has 198 valence electrons. The van der Waals surface area contributed by atoms with E-state index >= 15 is 0 Å². The predicted molar refractivity (Wildman–Crippen MR) is 136 cm³/mol. The molecule has 38 heavy (non-hydrogen) atoms. The summed E-state index contributed by atoms with van der Waals surface area (Å²) in [4.78, 5) is 39.0. The van der Waals surface area contributed by atoms with E-state index < -0.39 is 23.7 Å². The molecular weight excluding hydrogens is 503 g/mol. The Hall–Kier alpha value is -4.72. The van der Waals surface area contributed by atoms with Gasteiger partial charge >= 0.3 is 12.2 Å². The number of urea groups is 1. The van der Waals surface area contributed by atoms with E-state index in [1.165, 1.54) is 18.7 Å². The number of hydrogen-bond donors (Lipinski definition) is 4. The van der Waals surface area contributed by atoms with E-state index in [1.54, 1.807) is 42.9 Å². The Morgan fingerprint density at radius 3 is 2.39 bits per heavy atom. The summed E-state index contributed by atoms with van der Waals surface area (Å²) >= 11 is 0. The van der Waals surface area contributed by atoms with Gasteiger partial charge in [0.05, 0.1) is 5.56 Å². The zero-order valence-corrected chi connectivity index (χ0v) is 20.4. The number of benzene rings is 2. The Bertz CT molecular complexity index is 1470. The van der Waals surface area contributed by atoms with Crippen LogP contribution in [0.4, 0.5) is 35.2 Å². The molecule has 4 rings (SSSR count). The van der Waals surface area contributed by atoms with Gasteiger partial charge in [-0.05, 0) is 56.6 Å². The van der Waals surface area contributed by atoms with Crippen LogP contribution in [0.25, 0.3) is 16.9 Å². The third-order valence-electron chi connectivity index (χ3n) is 5.40. The van der Waals surface area contributed by atoms with Gasteiger partial charge in [-0.1, -0.05) is 0 Å². The van der Waals surface area contributed by atoms with E-state index in [4.69, 9.17) is 5.73 Å². The zero-order chi connectivity index (χ0) is 27.4. The molecular formula is C24H24F3N9O2. The summed E-state index contributed by atoms with van der Waals surface area (Å²) in [5, 5.41) is 7.48. The van der Waals surface area contributed by atoms with Crippen molar-refractivity contribution in [2.24, 2.45) is 0 Å². The van der Waals surface area contributed by atoms with Crippen molar-refractivity contribution in [3.8, 4) is 5.69 Å². The fraction of sp³-hybridized carbons (Fsp3) is 0.208. The lowest BCUT2D eigenvalue weighted by molar-refractivity contribution is -0.137. The van der Waals surface area contributed by atoms with Gasteiger partial charge in [0.2, 0.25) is 0 Å². The molecule has 0 bridgehead atoms. The van der Waals surface area contributed by atoms with Gasteiger partial charge in [-0.2, -0.15) is 13.2 Å². The highest BCUT2D eigenvalue weighted by atomic mass is 19.4. The lowest BCUT2D eigenvalue weighted by Crippen LogP contribution is -2.31. The van der Waals surface area contributed by atoms with Gasteiger partial charge in [0.25, 0.3) is 5.91 Å². The zero-order valence-electron chi connectivity index (χ0n) is 20.4. The molecule has 0 unspecified atom stereocenters. The van der Waals surface area contributed by atoms with Crippen LogP contribution in [0.1, 0.15) is 15.9 Å². The number of nitrogens with zero attached hydrogens (tertiary/aromatic N) is 5. The molecule has 3 amide bonds. The summed E-state index contributed by atoms with van der Waals surface area (Å²) in [5.74, 6) is -0.434. The second kappa shape index (κ2) is 10.7. The first-order chi connectivity index (χ1) is 18.0. The van der Waals surface area contributed by atoms with Crippen LogP contribution < -0.4 is 21.7 Å². The van der Waals surface area contributed by atoms with Crippen molar-refractivity contribution in [3.05, 3.63) is 66.2 Å². The van der Waals surface area contributed by atoms with Crippen LogP contribution in [-0.4, -0.2) is 63.5 Å². The number of rotatable bonds is 7. The van der Waals surface area contributed by atoms with Crippen LogP contribution in [0.3, 0.4) is 0 Å². The molecule has 0 aliphatic carbocycles. The number of amides is 3. The van der Waals surface area contributed by atoms with Gasteiger partial charge in [-0.25, -0.2) is 19.7 Å². The standard InChI is InChI=1S/C24H24F3N9O2/c1-35(2)8-7-29-22(37)14-9-15(24(25,26)27)11-17(10-14)34-23(38)33-16-3-5-18(6-4-16)36-13-32-21-19(36)20(28)30-12-31-21/h3-6,9-13H,7-8H2,1-2H3,(H,29,37)(H2,28,30,31)(H2,33,34,38). The van der Waals surface area contributed by atoms with Gasteiger partial charge in [-0.15, -0.1) is 0 Å². The number of imidazole rings is 1. The first-order valence-electron chi connectivity index (χ1n) is 11.3. The third kappa shape index (κ3) is 6.15. The fourth-order valence-corrected chi connectivity index (χ4v) is 3.56. The molecule has 0 spiro atoms. The fourth-order valence-electron chi connectivity index (χ4n) is 3.56. The molecule has 2 heterocycles. The average Bonchev–Trinajstić information content (AvgIpc) is 3.29. The monoisotopic (exact) mass is 527 g/mol. The number of nitrogens with two attached hydrogens (primary N) is 1. The van der Waals surface area contributed by atoms with Crippen molar-refractivity contribution in [2.45, 2.75) is 6.18 Å². The van der Waals surface area contributed by atoms with Crippen molar-refractivity contribution in [2.75, 3.05) is 43.6 Å². The van der Waals surface area contributed by atoms with E-state index in [1.807, 2.05) is 4.90 Å². The Kier molecular flexibility index (Phi) is 7.43. The lowest BCUT2D eigenvalue weighted by atomic mass is 10.1. The summed E-state index contributed by atoms with van der Waals surface area (Å²) in [6.45, 7) is 0.755. The van der Waals surface area contributed by atoms with Crippen molar-refractivity contribution >= 4 is 40.3 Å². The smallest absolute Gasteiger partial charge is 0.382 e. The number of likely N-dealkylation sites (N-methyl/N-ethyl adjacent to an activating group) is 1. The van der Waals surface area contributed by atoms with Crippen LogP contribution >= 0.6 is 0 Å². The number of carbonyl (C=O) groups is 2. The maximum Gasteiger partial charge on any atom is 0.416 e. The number of carbonyl (C=O) groups excluding carboxylic acids is 2. The molecule has 2 aromatic carbocycles. The molecule has 0 aliphatic rings. The van der Waals surface area contributed by atoms with E-state index in [-0.39, 0.29) is 23.6 Å². The summed E-state index contributed by atoms with van der Waals surface area (Å²) in [6, 6.07) is 8.45. The Morgan fingerprint density at radius 2 is 1.71 bits per heavy atom. The SMILES string of the molecule is CN(C)CCNC(=O)c1cc(NC(=O)Nc2ccc(-n3cnc4ncnc(N)c43)cc2)cc(C(F)(F)F)c1. The summed E-state index contributed by atoms with van der Waals surface area (Å²) in [7, 11) is 3.60. The van der Waals surface area contributed by atoms with Crippen molar-refractivity contribution in [3.63, 3.8) is 0 Å². The van der Waals surface area contributed by atoms with Crippen LogP contribution in [0.5, 0.6) is 0 Å². The minimum atomic E-state index is -4.71. The summed E-state index contributed by atoms with van der Waals surface area (Å²) in [6.07, 6.45) is -1.87. The van der Waals surface area contributed by atoms with Gasteiger partial charge < -0.3 is 26.6 Å². The van der Waals surface area contributed by atoms with Gasteiger partial charge in [0, 0.05) is 35.7 Å². The normalized spacial score (nSPS) is 11.5. The number of fused-ring (bicyclic) bond motifs is 1. The summed E-state index contributed by atoms with van der Waals surface area (Å²) < 4.78 is 42.0. The van der Waals surface area contributed by atoms with Crippen LogP contribution in [0.2, 0.25) is 0 Å². The quantitative estimate of drug-likeness (QED) is 0.289. The van der Waals surface area contributed by atoms with Gasteiger partial charge in [-0.3, -0.25) is 9.36 Å². The number of alkyl halides is 3. The van der Waals surface area contributed by atoms with Crippen LogP contribution in [0.15, 0.2) is 55.1 Å². The molecule has 0 fully saturated rings. The second-order valence-electron chi connectivity index (χ2n) is 8.53. The van der Waals surface area contributed by atoms with Crippen molar-refractivity contribution in [1.29, 1.82) is 0 Å². The maximum atomic E-state index is 13.4. The molecule has 0 aliphatic heterocycles. The number of halogens is 3. The maximum absolute atomic E-state index is 13.4. The molecule has 5 N–H and O–H groups in total. The molecule has 0 atom stereocenters. The second-order valence-corrected chi connectivity index (χ2v) is 8.53. The minimum Gasteiger partial charge on any atom is -0.382 e. The number of nitrogen functional groups attached to an aromatic ring is 1. The molecule has 14 heteroatoms. The topological polar surface area (TPSA) is 143 Å². The van der Waals surface area contributed by atoms with E-state index in [0.717, 1.165) is 12.1 Å². The van der Waals surface area contributed by atoms with Crippen molar-refractivity contribution in [1.82, 2.24) is 29.7 Å². The molecule has 0 radical (unpaired) electrons. The Labute approximate surface area is 214 Å².